The fraction of sp³-hybridized carbons (Fsp3) is 0.182. The van der Waals surface area contributed by atoms with Crippen molar-refractivity contribution in [3.63, 3.8) is 0 Å². The lowest BCUT2D eigenvalue weighted by Crippen LogP contribution is -2.15. The van der Waals surface area contributed by atoms with E-state index in [0.717, 1.165) is 11.5 Å². The second-order valence-electron chi connectivity index (χ2n) is 3.64. The van der Waals surface area contributed by atoms with E-state index in [1.807, 2.05) is 0 Å². The van der Waals surface area contributed by atoms with Crippen LogP contribution in [0.5, 0.6) is 5.75 Å². The molecule has 0 fully saturated rings. The van der Waals surface area contributed by atoms with Crippen LogP contribution in [0.3, 0.4) is 0 Å². The van der Waals surface area contributed by atoms with Gasteiger partial charge < -0.3 is 9.47 Å². The summed E-state index contributed by atoms with van der Waals surface area (Å²) < 4.78 is 14.1. The smallest absolute Gasteiger partial charge is 0.344 e. The number of hydrogen-bond donors (Lipinski definition) is 0. The summed E-state index contributed by atoms with van der Waals surface area (Å²) in [5.41, 5.74) is 0.391. The Balaban J connectivity index is 1.87. The average molecular weight is 388 g/mol. The van der Waals surface area contributed by atoms with Crippen molar-refractivity contribution in [2.75, 3.05) is 6.61 Å². The maximum atomic E-state index is 11.5. The molecule has 1 aromatic heterocycles. The Morgan fingerprint density at radius 1 is 1.14 bits per heavy atom. The van der Waals surface area contributed by atoms with Crippen molar-refractivity contribution in [3.05, 3.63) is 37.2 Å². The third kappa shape index (κ3) is 4.59. The molecular weight excluding hydrogens is 382 g/mol. The fourth-order valence-corrected chi connectivity index (χ4v) is 2.42. The van der Waals surface area contributed by atoms with E-state index in [9.17, 15) is 4.79 Å². The summed E-state index contributed by atoms with van der Waals surface area (Å²) in [6.07, 6.45) is 0. The summed E-state index contributed by atoms with van der Waals surface area (Å²) >= 11 is 24.3. The standard InChI is InChI=1S/C11H6Cl4N2O3S/c12-5-1-7(14)9(2-6(5)13)19-4-10(18)20-3-8-11(15)21-17-16-8/h1-2H,3-4H2. The predicted molar refractivity (Wildman–Crippen MR) is 81.7 cm³/mol. The molecule has 0 saturated carbocycles. The Kier molecular flexibility index (Phi) is 5.89. The molecule has 2 aromatic rings. The molecule has 0 radical (unpaired) electrons. The van der Waals surface area contributed by atoms with Gasteiger partial charge in [0.1, 0.15) is 22.4 Å². The first-order valence-corrected chi connectivity index (χ1v) is 7.65. The van der Waals surface area contributed by atoms with Crippen LogP contribution in [0, 0.1) is 0 Å². The van der Waals surface area contributed by atoms with E-state index in [-0.39, 0.29) is 29.0 Å². The Labute approximate surface area is 143 Å². The zero-order valence-electron chi connectivity index (χ0n) is 10.1. The molecule has 1 heterocycles. The molecule has 0 unspecified atom stereocenters. The highest BCUT2D eigenvalue weighted by Crippen LogP contribution is 2.33. The number of esters is 1. The molecule has 5 nitrogen and oxygen atoms in total. The minimum Gasteiger partial charge on any atom is -0.480 e. The number of hydrogen-bond acceptors (Lipinski definition) is 6. The number of aromatic nitrogens is 2. The number of ether oxygens (including phenoxy) is 2. The van der Waals surface area contributed by atoms with Crippen LogP contribution in [-0.2, 0) is 16.1 Å². The fourth-order valence-electron chi connectivity index (χ4n) is 1.23. The van der Waals surface area contributed by atoms with Crippen molar-refractivity contribution in [1.29, 1.82) is 0 Å². The minimum atomic E-state index is -0.610. The van der Waals surface area contributed by atoms with Crippen molar-refractivity contribution >= 4 is 63.9 Å². The van der Waals surface area contributed by atoms with Crippen LogP contribution < -0.4 is 4.74 Å². The zero-order chi connectivity index (χ0) is 15.4. The van der Waals surface area contributed by atoms with Gasteiger partial charge in [-0.3, -0.25) is 0 Å². The molecule has 0 saturated heterocycles. The lowest BCUT2D eigenvalue weighted by molar-refractivity contribution is -0.147. The third-order valence-electron chi connectivity index (χ3n) is 2.20. The average Bonchev–Trinajstić information content (AvgIpc) is 2.84. The van der Waals surface area contributed by atoms with E-state index in [2.05, 4.69) is 9.59 Å². The van der Waals surface area contributed by atoms with Crippen molar-refractivity contribution in [2.24, 2.45) is 0 Å². The van der Waals surface area contributed by atoms with Gasteiger partial charge >= 0.3 is 5.97 Å². The van der Waals surface area contributed by atoms with Gasteiger partial charge in [0.2, 0.25) is 0 Å². The van der Waals surface area contributed by atoms with E-state index in [4.69, 9.17) is 55.9 Å². The SMILES string of the molecule is O=C(COc1cc(Cl)c(Cl)cc1Cl)OCc1nnsc1Cl. The summed E-state index contributed by atoms with van der Waals surface area (Å²) in [5, 5.41) is 4.51. The van der Waals surface area contributed by atoms with Crippen LogP contribution in [0.15, 0.2) is 12.1 Å². The van der Waals surface area contributed by atoms with Gasteiger partial charge in [-0.25, -0.2) is 4.79 Å². The summed E-state index contributed by atoms with van der Waals surface area (Å²) in [7, 11) is 0. The van der Waals surface area contributed by atoms with Crippen molar-refractivity contribution in [1.82, 2.24) is 9.59 Å². The number of carbonyl (C=O) groups is 1. The summed E-state index contributed by atoms with van der Waals surface area (Å²) in [5.74, 6) is -0.377. The van der Waals surface area contributed by atoms with E-state index >= 15 is 0 Å². The van der Waals surface area contributed by atoms with Crippen molar-refractivity contribution in [2.45, 2.75) is 6.61 Å². The predicted octanol–water partition coefficient (Wildman–Crippen LogP) is 4.27. The van der Waals surface area contributed by atoms with Crippen LogP contribution in [0.25, 0.3) is 0 Å². The maximum absolute atomic E-state index is 11.5. The first kappa shape index (κ1) is 16.6. The van der Waals surface area contributed by atoms with Crippen LogP contribution >= 0.6 is 57.9 Å². The Morgan fingerprint density at radius 2 is 1.86 bits per heavy atom. The molecule has 0 aliphatic carbocycles. The van der Waals surface area contributed by atoms with Crippen molar-refractivity contribution < 1.29 is 14.3 Å². The maximum Gasteiger partial charge on any atom is 0.344 e. The molecule has 21 heavy (non-hydrogen) atoms. The second-order valence-corrected chi connectivity index (χ2v) is 6.22. The molecule has 1 aromatic carbocycles. The van der Waals surface area contributed by atoms with Crippen LogP contribution in [0.1, 0.15) is 5.69 Å². The lowest BCUT2D eigenvalue weighted by atomic mass is 10.3. The van der Waals surface area contributed by atoms with Crippen molar-refractivity contribution in [3.8, 4) is 5.75 Å². The highest BCUT2D eigenvalue weighted by Gasteiger charge is 2.12. The van der Waals surface area contributed by atoms with Gasteiger partial charge in [-0.05, 0) is 6.07 Å². The molecule has 0 spiro atoms. The molecule has 0 aliphatic rings. The highest BCUT2D eigenvalue weighted by atomic mass is 35.5. The number of rotatable bonds is 5. The first-order valence-electron chi connectivity index (χ1n) is 5.37. The quantitative estimate of drug-likeness (QED) is 0.566. The molecular formula is C11H6Cl4N2O3S. The molecule has 0 N–H and O–H groups in total. The molecule has 2 rings (SSSR count). The topological polar surface area (TPSA) is 61.3 Å². The van der Waals surface area contributed by atoms with E-state index in [0.29, 0.717) is 15.1 Å². The largest absolute Gasteiger partial charge is 0.480 e. The summed E-state index contributed by atoms with van der Waals surface area (Å²) in [6, 6.07) is 2.84. The number of nitrogens with zero attached hydrogens (tertiary/aromatic N) is 2. The van der Waals surface area contributed by atoms with Gasteiger partial charge in [-0.1, -0.05) is 50.9 Å². The Bertz CT molecular complexity index is 665. The van der Waals surface area contributed by atoms with Crippen LogP contribution in [0.2, 0.25) is 19.4 Å². The van der Waals surface area contributed by atoms with Gasteiger partial charge in [-0.2, -0.15) is 0 Å². The number of halogens is 4. The molecule has 0 aliphatic heterocycles. The van der Waals surface area contributed by atoms with E-state index in [1.165, 1.54) is 12.1 Å². The molecule has 0 amide bonds. The minimum absolute atomic E-state index is 0.0768. The number of carbonyl (C=O) groups excluding carboxylic acids is 1. The second kappa shape index (κ2) is 7.47. The number of benzene rings is 1. The Morgan fingerprint density at radius 3 is 2.52 bits per heavy atom. The van der Waals surface area contributed by atoms with Gasteiger partial charge in [0.15, 0.2) is 6.61 Å². The normalized spacial score (nSPS) is 10.5. The summed E-state index contributed by atoms with van der Waals surface area (Å²) in [4.78, 5) is 11.5. The molecule has 10 heteroatoms. The highest BCUT2D eigenvalue weighted by molar-refractivity contribution is 7.10. The molecule has 0 atom stereocenters. The first-order chi connectivity index (χ1) is 9.97. The summed E-state index contributed by atoms with van der Waals surface area (Å²) in [6.45, 7) is -0.417. The zero-order valence-corrected chi connectivity index (χ0v) is 13.9. The molecule has 112 valence electrons. The van der Waals surface area contributed by atoms with Gasteiger partial charge in [0.05, 0.1) is 15.1 Å². The molecule has 0 bridgehead atoms. The monoisotopic (exact) mass is 386 g/mol. The van der Waals surface area contributed by atoms with Gasteiger partial charge in [0.25, 0.3) is 0 Å². The van der Waals surface area contributed by atoms with E-state index < -0.39 is 5.97 Å². The van der Waals surface area contributed by atoms with E-state index in [1.54, 1.807) is 0 Å². The third-order valence-corrected chi connectivity index (χ3v) is 4.20. The lowest BCUT2D eigenvalue weighted by Gasteiger charge is -2.09. The Hall–Kier alpha value is -0.790. The van der Waals surface area contributed by atoms with Crippen LogP contribution in [-0.4, -0.2) is 22.2 Å². The van der Waals surface area contributed by atoms with Gasteiger partial charge in [-0.15, -0.1) is 5.10 Å². The van der Waals surface area contributed by atoms with Crippen LogP contribution in [0.4, 0.5) is 0 Å². The van der Waals surface area contributed by atoms with Gasteiger partial charge in [0, 0.05) is 17.6 Å².